The molecule has 0 radical (unpaired) electrons. The second-order valence-electron chi connectivity index (χ2n) is 4.51. The second-order valence-corrected chi connectivity index (χ2v) is 6.52. The molecule has 0 saturated heterocycles. The summed E-state index contributed by atoms with van der Waals surface area (Å²) in [6.45, 7) is 1.75. The molecule has 0 atom stereocenters. The molecular formula is C12H16FN3O2S. The van der Waals surface area contributed by atoms with Crippen LogP contribution in [-0.2, 0) is 16.4 Å². The van der Waals surface area contributed by atoms with Gasteiger partial charge in [0.25, 0.3) is 0 Å². The van der Waals surface area contributed by atoms with Crippen molar-refractivity contribution in [3.8, 4) is 0 Å². The maximum atomic E-state index is 13.6. The van der Waals surface area contributed by atoms with E-state index in [0.717, 1.165) is 12.8 Å². The van der Waals surface area contributed by atoms with Crippen LogP contribution in [-0.4, -0.2) is 45.7 Å². The highest BCUT2D eigenvalue weighted by Gasteiger charge is 2.14. The van der Waals surface area contributed by atoms with Gasteiger partial charge >= 0.3 is 0 Å². The van der Waals surface area contributed by atoms with Gasteiger partial charge in [0.05, 0.1) is 11.4 Å². The molecule has 104 valence electrons. The molecule has 0 amide bonds. The van der Waals surface area contributed by atoms with Gasteiger partial charge in [0.1, 0.15) is 5.82 Å². The molecule has 1 N–H and O–H groups in total. The monoisotopic (exact) mass is 285 g/mol. The number of nitrogens with zero attached hydrogens (tertiary/aromatic N) is 2. The van der Waals surface area contributed by atoms with Crippen LogP contribution in [0.1, 0.15) is 5.56 Å². The molecule has 0 spiro atoms. The Labute approximate surface area is 112 Å². The summed E-state index contributed by atoms with van der Waals surface area (Å²) < 4.78 is 36.5. The van der Waals surface area contributed by atoms with Gasteiger partial charge in [0.15, 0.2) is 15.8 Å². The van der Waals surface area contributed by atoms with Crippen molar-refractivity contribution >= 4 is 15.8 Å². The first-order chi connectivity index (χ1) is 8.88. The van der Waals surface area contributed by atoms with Crippen molar-refractivity contribution in [2.45, 2.75) is 11.4 Å². The van der Waals surface area contributed by atoms with Gasteiger partial charge in [0, 0.05) is 32.0 Å². The summed E-state index contributed by atoms with van der Waals surface area (Å²) >= 11 is 0. The lowest BCUT2D eigenvalue weighted by atomic mass is 10.2. The molecule has 0 bridgehead atoms. The topological polar surface area (TPSA) is 61.8 Å². The van der Waals surface area contributed by atoms with E-state index in [1.807, 2.05) is 11.9 Å². The van der Waals surface area contributed by atoms with Gasteiger partial charge in [-0.2, -0.15) is 0 Å². The zero-order chi connectivity index (χ0) is 14.0. The maximum absolute atomic E-state index is 13.6. The lowest BCUT2D eigenvalue weighted by Gasteiger charge is -2.15. The number of halogens is 1. The molecule has 7 heteroatoms. The van der Waals surface area contributed by atoms with Crippen LogP contribution >= 0.6 is 0 Å². The Hall–Kier alpha value is -1.63. The largest absolute Gasteiger partial charge is 0.352 e. The molecule has 1 heterocycles. The fraction of sp³-hybridized carbons (Fsp3) is 0.417. The van der Waals surface area contributed by atoms with Gasteiger partial charge in [-0.1, -0.05) is 0 Å². The number of sulfone groups is 1. The highest BCUT2D eigenvalue weighted by Crippen LogP contribution is 2.15. The maximum Gasteiger partial charge on any atom is 0.194 e. The first kappa shape index (κ1) is 13.8. The number of hydrogen-bond acceptors (Lipinski definition) is 5. The van der Waals surface area contributed by atoms with E-state index >= 15 is 0 Å². The van der Waals surface area contributed by atoms with Gasteiger partial charge in [-0.15, -0.1) is 0 Å². The molecular weight excluding hydrogens is 269 g/mol. The summed E-state index contributed by atoms with van der Waals surface area (Å²) in [4.78, 5) is 6.27. The van der Waals surface area contributed by atoms with Crippen LogP contribution in [0.3, 0.4) is 0 Å². The average Bonchev–Trinajstić information content (AvgIpc) is 2.72. The summed E-state index contributed by atoms with van der Waals surface area (Å²) in [5, 5.41) is 3.01. The average molecular weight is 285 g/mol. The lowest BCUT2D eigenvalue weighted by molar-refractivity contribution is 0.530. The van der Waals surface area contributed by atoms with Crippen LogP contribution < -0.4 is 5.32 Å². The summed E-state index contributed by atoms with van der Waals surface area (Å²) in [7, 11) is -1.43. The van der Waals surface area contributed by atoms with Crippen LogP contribution in [0.4, 0.5) is 4.39 Å². The van der Waals surface area contributed by atoms with Crippen LogP contribution in [0, 0.1) is 5.82 Å². The summed E-state index contributed by atoms with van der Waals surface area (Å²) in [6, 6.07) is 3.80. The Balaban J connectivity index is 2.16. The molecule has 0 saturated carbocycles. The number of guanidine groups is 1. The molecule has 1 aromatic rings. The van der Waals surface area contributed by atoms with E-state index in [9.17, 15) is 12.8 Å². The first-order valence-corrected chi connectivity index (χ1v) is 7.75. The van der Waals surface area contributed by atoms with Crippen molar-refractivity contribution in [1.82, 2.24) is 10.2 Å². The third-order valence-electron chi connectivity index (χ3n) is 2.94. The van der Waals surface area contributed by atoms with Crippen molar-refractivity contribution in [1.29, 1.82) is 0 Å². The van der Waals surface area contributed by atoms with E-state index in [1.54, 1.807) is 0 Å². The highest BCUT2D eigenvalue weighted by atomic mass is 32.2. The predicted octanol–water partition coefficient (Wildman–Crippen LogP) is 0.620. The highest BCUT2D eigenvalue weighted by molar-refractivity contribution is 7.90. The number of benzene rings is 1. The Morgan fingerprint density at radius 1 is 1.47 bits per heavy atom. The smallest absolute Gasteiger partial charge is 0.194 e. The molecule has 0 fully saturated rings. The zero-order valence-corrected chi connectivity index (χ0v) is 11.7. The van der Waals surface area contributed by atoms with E-state index in [4.69, 9.17) is 0 Å². The third kappa shape index (κ3) is 3.23. The van der Waals surface area contributed by atoms with Crippen molar-refractivity contribution < 1.29 is 12.8 Å². The molecule has 1 aliphatic heterocycles. The minimum atomic E-state index is -3.33. The number of likely N-dealkylation sites (N-methyl/N-ethyl adjacent to an activating group) is 1. The van der Waals surface area contributed by atoms with Crippen LogP contribution in [0.25, 0.3) is 0 Å². The van der Waals surface area contributed by atoms with Crippen LogP contribution in [0.15, 0.2) is 28.1 Å². The molecule has 2 rings (SSSR count). The predicted molar refractivity (Wildman–Crippen MR) is 71.3 cm³/mol. The Bertz CT molecular complexity index is 613. The van der Waals surface area contributed by atoms with Crippen LogP contribution in [0.2, 0.25) is 0 Å². The zero-order valence-electron chi connectivity index (χ0n) is 10.9. The van der Waals surface area contributed by atoms with Crippen molar-refractivity contribution in [3.63, 3.8) is 0 Å². The molecule has 1 aliphatic rings. The fourth-order valence-electron chi connectivity index (χ4n) is 1.81. The minimum Gasteiger partial charge on any atom is -0.352 e. The molecule has 0 aliphatic carbocycles. The summed E-state index contributed by atoms with van der Waals surface area (Å²) in [6.07, 6.45) is 1.10. The number of nitrogens with one attached hydrogen (secondary N) is 1. The molecule has 19 heavy (non-hydrogen) atoms. The van der Waals surface area contributed by atoms with Gasteiger partial charge in [-0.05, 0) is 18.2 Å². The quantitative estimate of drug-likeness (QED) is 0.827. The van der Waals surface area contributed by atoms with E-state index < -0.39 is 15.7 Å². The van der Waals surface area contributed by atoms with Crippen molar-refractivity contribution in [3.05, 3.63) is 29.6 Å². The Morgan fingerprint density at radius 3 is 2.79 bits per heavy atom. The number of hydrogen-bond donors (Lipinski definition) is 1. The summed E-state index contributed by atoms with van der Waals surface area (Å²) in [5.41, 5.74) is 0.311. The normalized spacial score (nSPS) is 15.5. The Morgan fingerprint density at radius 2 is 2.21 bits per heavy atom. The van der Waals surface area contributed by atoms with Gasteiger partial charge < -0.3 is 10.2 Å². The van der Waals surface area contributed by atoms with E-state index in [1.165, 1.54) is 18.2 Å². The van der Waals surface area contributed by atoms with E-state index in [2.05, 4.69) is 10.3 Å². The van der Waals surface area contributed by atoms with Crippen molar-refractivity contribution in [2.24, 2.45) is 4.99 Å². The number of aliphatic imine (C=N–C) groups is 1. The summed E-state index contributed by atoms with van der Waals surface area (Å²) in [5.74, 6) is 0.269. The van der Waals surface area contributed by atoms with Gasteiger partial charge in [-0.25, -0.2) is 12.8 Å². The molecule has 0 unspecified atom stereocenters. The standard InChI is InChI=1S/C12H16FN3O2S/c1-16-6-5-14-12(16)15-8-9-7-10(19(2,17)18)3-4-11(9)13/h3-4,7H,5-6,8H2,1-2H3,(H,14,15). The number of rotatable bonds is 3. The molecule has 0 aromatic heterocycles. The third-order valence-corrected chi connectivity index (χ3v) is 4.05. The van der Waals surface area contributed by atoms with E-state index in [-0.39, 0.29) is 11.4 Å². The fourth-order valence-corrected chi connectivity index (χ4v) is 2.49. The first-order valence-electron chi connectivity index (χ1n) is 5.86. The SMILES string of the molecule is CN1CCN=C1NCc1cc(S(C)(=O)=O)ccc1F. The lowest BCUT2D eigenvalue weighted by Crippen LogP contribution is -2.35. The van der Waals surface area contributed by atoms with Gasteiger partial charge in [-0.3, -0.25) is 4.99 Å². The Kier molecular flexibility index (Phi) is 3.75. The van der Waals surface area contributed by atoms with Crippen LogP contribution in [0.5, 0.6) is 0 Å². The van der Waals surface area contributed by atoms with Crippen molar-refractivity contribution in [2.75, 3.05) is 26.4 Å². The second kappa shape index (κ2) is 5.16. The van der Waals surface area contributed by atoms with E-state index in [0.29, 0.717) is 18.1 Å². The molecule has 1 aromatic carbocycles. The minimum absolute atomic E-state index is 0.118. The molecule has 5 nitrogen and oxygen atoms in total. The van der Waals surface area contributed by atoms with Gasteiger partial charge in [0.2, 0.25) is 0 Å².